The number of piperidine rings is 1. The maximum atomic E-state index is 12.7. The Kier molecular flexibility index (Phi) is 6.04. The Labute approximate surface area is 134 Å². The molecule has 0 radical (unpaired) electrons. The molecule has 0 saturated carbocycles. The topological polar surface area (TPSA) is 32.3 Å². The van der Waals surface area contributed by atoms with E-state index in [-0.39, 0.29) is 18.5 Å². The normalized spacial score (nSPS) is 17.1. The summed E-state index contributed by atoms with van der Waals surface area (Å²) in [6.07, 6.45) is -0.603. The molecule has 23 heavy (non-hydrogen) atoms. The molecule has 1 fully saturated rings. The van der Waals surface area contributed by atoms with Crippen LogP contribution in [0.15, 0.2) is 24.3 Å². The van der Waals surface area contributed by atoms with Crippen molar-refractivity contribution in [2.24, 2.45) is 0 Å². The van der Waals surface area contributed by atoms with Crippen molar-refractivity contribution in [3.8, 4) is 0 Å². The average Bonchev–Trinajstić information content (AvgIpc) is 2.53. The fourth-order valence-electron chi connectivity index (χ4n) is 2.82. The summed E-state index contributed by atoms with van der Waals surface area (Å²) in [6.45, 7) is 3.73. The second kappa shape index (κ2) is 7.81. The standard InChI is InChI=1S/C17H23F3N2O/c1-13(21-12-16(23)22-8-3-2-4-9-22)10-14-6-5-7-15(11-14)17(18,19)20/h5-7,11,13,21H,2-4,8-10,12H2,1H3. The summed E-state index contributed by atoms with van der Waals surface area (Å²) in [4.78, 5) is 13.9. The number of nitrogens with one attached hydrogen (secondary N) is 1. The van der Waals surface area contributed by atoms with Crippen LogP contribution in [0, 0.1) is 0 Å². The molecule has 1 aromatic carbocycles. The lowest BCUT2D eigenvalue weighted by molar-refractivity contribution is -0.137. The molecule has 1 saturated heterocycles. The molecule has 2 rings (SSSR count). The Morgan fingerprint density at radius 2 is 1.96 bits per heavy atom. The van der Waals surface area contributed by atoms with Gasteiger partial charge >= 0.3 is 6.18 Å². The first kappa shape index (κ1) is 17.8. The number of carbonyl (C=O) groups is 1. The highest BCUT2D eigenvalue weighted by molar-refractivity contribution is 5.78. The number of alkyl halides is 3. The summed E-state index contributed by atoms with van der Waals surface area (Å²) >= 11 is 0. The van der Waals surface area contributed by atoms with Gasteiger partial charge in [-0.25, -0.2) is 0 Å². The molecule has 0 aromatic heterocycles. The molecular formula is C17H23F3N2O. The van der Waals surface area contributed by atoms with Crippen molar-refractivity contribution in [3.63, 3.8) is 0 Å². The van der Waals surface area contributed by atoms with Gasteiger partial charge in [-0.05, 0) is 44.2 Å². The second-order valence-corrected chi connectivity index (χ2v) is 6.13. The number of amides is 1. The highest BCUT2D eigenvalue weighted by Crippen LogP contribution is 2.29. The van der Waals surface area contributed by atoms with Crippen LogP contribution in [0.4, 0.5) is 13.2 Å². The molecule has 1 atom stereocenters. The third-order valence-electron chi connectivity index (χ3n) is 4.11. The van der Waals surface area contributed by atoms with Gasteiger partial charge in [0.15, 0.2) is 0 Å². The monoisotopic (exact) mass is 328 g/mol. The minimum Gasteiger partial charge on any atom is -0.342 e. The molecule has 3 nitrogen and oxygen atoms in total. The third kappa shape index (κ3) is 5.53. The summed E-state index contributed by atoms with van der Waals surface area (Å²) in [5.41, 5.74) is -0.0168. The van der Waals surface area contributed by atoms with E-state index in [0.29, 0.717) is 12.0 Å². The van der Waals surface area contributed by atoms with Gasteiger partial charge in [-0.2, -0.15) is 13.2 Å². The Bertz CT molecular complexity index is 525. The molecule has 1 aromatic rings. The molecule has 1 unspecified atom stereocenters. The van der Waals surface area contributed by atoms with Gasteiger partial charge in [0.25, 0.3) is 0 Å². The zero-order valence-corrected chi connectivity index (χ0v) is 13.3. The van der Waals surface area contributed by atoms with Crippen molar-refractivity contribution in [1.82, 2.24) is 10.2 Å². The third-order valence-corrected chi connectivity index (χ3v) is 4.11. The van der Waals surface area contributed by atoms with Crippen molar-refractivity contribution >= 4 is 5.91 Å². The largest absolute Gasteiger partial charge is 0.416 e. The van der Waals surface area contributed by atoms with Crippen LogP contribution in [-0.4, -0.2) is 36.5 Å². The van der Waals surface area contributed by atoms with E-state index in [4.69, 9.17) is 0 Å². The molecule has 0 spiro atoms. The Hall–Kier alpha value is -1.56. The van der Waals surface area contributed by atoms with Crippen LogP contribution in [0.25, 0.3) is 0 Å². The fraction of sp³-hybridized carbons (Fsp3) is 0.588. The predicted octanol–water partition coefficient (Wildman–Crippen LogP) is 3.24. The molecule has 6 heteroatoms. The predicted molar refractivity (Wildman–Crippen MR) is 83.0 cm³/mol. The van der Waals surface area contributed by atoms with Gasteiger partial charge in [-0.15, -0.1) is 0 Å². The maximum absolute atomic E-state index is 12.7. The first-order valence-electron chi connectivity index (χ1n) is 8.03. The van der Waals surface area contributed by atoms with Crippen LogP contribution in [0.5, 0.6) is 0 Å². The molecule has 1 heterocycles. The van der Waals surface area contributed by atoms with Crippen molar-refractivity contribution in [1.29, 1.82) is 0 Å². The number of carbonyl (C=O) groups excluding carboxylic acids is 1. The van der Waals surface area contributed by atoms with Crippen LogP contribution in [0.3, 0.4) is 0 Å². The van der Waals surface area contributed by atoms with Crippen LogP contribution in [-0.2, 0) is 17.4 Å². The smallest absolute Gasteiger partial charge is 0.342 e. The van der Waals surface area contributed by atoms with Crippen molar-refractivity contribution in [2.45, 2.75) is 44.8 Å². The zero-order valence-electron chi connectivity index (χ0n) is 13.3. The van der Waals surface area contributed by atoms with Crippen LogP contribution in [0.2, 0.25) is 0 Å². The summed E-state index contributed by atoms with van der Waals surface area (Å²) in [5, 5.41) is 3.11. The lowest BCUT2D eigenvalue weighted by Crippen LogP contribution is -2.43. The van der Waals surface area contributed by atoms with Gasteiger partial charge in [0, 0.05) is 19.1 Å². The van der Waals surface area contributed by atoms with Gasteiger partial charge in [-0.3, -0.25) is 4.79 Å². The first-order valence-corrected chi connectivity index (χ1v) is 8.03. The van der Waals surface area contributed by atoms with Crippen molar-refractivity contribution in [3.05, 3.63) is 35.4 Å². The molecule has 128 valence electrons. The minimum atomic E-state index is -4.32. The lowest BCUT2D eigenvalue weighted by Gasteiger charge is -2.27. The fourth-order valence-corrected chi connectivity index (χ4v) is 2.82. The van der Waals surface area contributed by atoms with E-state index in [9.17, 15) is 18.0 Å². The number of rotatable bonds is 5. The van der Waals surface area contributed by atoms with E-state index in [1.54, 1.807) is 6.07 Å². The maximum Gasteiger partial charge on any atom is 0.416 e. The summed E-state index contributed by atoms with van der Waals surface area (Å²) < 4.78 is 38.1. The van der Waals surface area contributed by atoms with Gasteiger partial charge < -0.3 is 10.2 Å². The van der Waals surface area contributed by atoms with Gasteiger partial charge in [0.05, 0.1) is 12.1 Å². The minimum absolute atomic E-state index is 0.0628. The number of likely N-dealkylation sites (tertiary alicyclic amines) is 1. The Morgan fingerprint density at radius 1 is 1.26 bits per heavy atom. The number of hydrogen-bond donors (Lipinski definition) is 1. The summed E-state index contributed by atoms with van der Waals surface area (Å²) in [7, 11) is 0. The van der Waals surface area contributed by atoms with Crippen molar-refractivity contribution in [2.75, 3.05) is 19.6 Å². The first-order chi connectivity index (χ1) is 10.9. The number of benzene rings is 1. The quantitative estimate of drug-likeness (QED) is 0.900. The van der Waals surface area contributed by atoms with Crippen LogP contribution >= 0.6 is 0 Å². The molecular weight excluding hydrogens is 305 g/mol. The van der Waals surface area contributed by atoms with E-state index in [1.165, 1.54) is 18.6 Å². The molecule has 1 aliphatic heterocycles. The molecule has 1 aliphatic rings. The highest BCUT2D eigenvalue weighted by Gasteiger charge is 2.30. The molecule has 1 amide bonds. The van der Waals surface area contributed by atoms with Crippen LogP contribution in [0.1, 0.15) is 37.3 Å². The highest BCUT2D eigenvalue weighted by atomic mass is 19.4. The number of halogens is 3. The lowest BCUT2D eigenvalue weighted by atomic mass is 10.0. The number of nitrogens with zero attached hydrogens (tertiary/aromatic N) is 1. The number of hydrogen-bond acceptors (Lipinski definition) is 2. The van der Waals surface area contributed by atoms with Gasteiger partial charge in [-0.1, -0.05) is 18.2 Å². The second-order valence-electron chi connectivity index (χ2n) is 6.13. The van der Waals surface area contributed by atoms with E-state index < -0.39 is 11.7 Å². The van der Waals surface area contributed by atoms with E-state index >= 15 is 0 Å². The van der Waals surface area contributed by atoms with E-state index in [1.807, 2.05) is 11.8 Å². The Balaban J connectivity index is 1.82. The SMILES string of the molecule is CC(Cc1cccc(C(F)(F)F)c1)NCC(=O)N1CCCCC1. The van der Waals surface area contributed by atoms with Gasteiger partial charge in [0.2, 0.25) is 5.91 Å². The van der Waals surface area contributed by atoms with Crippen LogP contribution < -0.4 is 5.32 Å². The van der Waals surface area contributed by atoms with E-state index in [2.05, 4.69) is 5.32 Å². The molecule has 1 N–H and O–H groups in total. The molecule has 0 aliphatic carbocycles. The molecule has 0 bridgehead atoms. The zero-order chi connectivity index (χ0) is 16.9. The summed E-state index contributed by atoms with van der Waals surface area (Å²) in [5.74, 6) is 0.0700. The Morgan fingerprint density at radius 3 is 2.61 bits per heavy atom. The van der Waals surface area contributed by atoms with Gasteiger partial charge in [0.1, 0.15) is 0 Å². The van der Waals surface area contributed by atoms with Crippen molar-refractivity contribution < 1.29 is 18.0 Å². The van der Waals surface area contributed by atoms with E-state index in [0.717, 1.165) is 32.0 Å². The average molecular weight is 328 g/mol. The summed E-state index contributed by atoms with van der Waals surface area (Å²) in [6, 6.07) is 5.28.